The number of nitrogens with one attached hydrogen (secondary N) is 3. The van der Waals surface area contributed by atoms with Gasteiger partial charge in [0.2, 0.25) is 5.91 Å². The molecular formula is C25H31N5OS. The fraction of sp³-hybridized carbons (Fsp3) is 0.480. The lowest BCUT2D eigenvalue weighted by Gasteiger charge is -2.45. The van der Waals surface area contributed by atoms with Crippen LogP contribution in [0.4, 0.5) is 0 Å². The minimum absolute atomic E-state index is 0.0110. The SMILES string of the molecule is CN1C(=N)N[C@](C)(c2cc(-c3cccc(C#N)c3)cs2)[C@@H](CCNC2CCCCC2)C1=O. The molecule has 1 aliphatic heterocycles. The molecule has 0 bridgehead atoms. The van der Waals surface area contributed by atoms with Gasteiger partial charge in [0, 0.05) is 18.0 Å². The van der Waals surface area contributed by atoms with Crippen molar-refractivity contribution in [3.63, 3.8) is 0 Å². The Hall–Kier alpha value is -2.69. The zero-order valence-electron chi connectivity index (χ0n) is 18.8. The average Bonchev–Trinajstić information content (AvgIpc) is 3.32. The Kier molecular flexibility index (Phi) is 6.63. The first-order valence-corrected chi connectivity index (χ1v) is 12.3. The van der Waals surface area contributed by atoms with Gasteiger partial charge in [-0.2, -0.15) is 5.26 Å². The molecule has 1 aromatic heterocycles. The van der Waals surface area contributed by atoms with Gasteiger partial charge >= 0.3 is 0 Å². The number of thiophene rings is 1. The van der Waals surface area contributed by atoms with Gasteiger partial charge in [-0.25, -0.2) is 0 Å². The van der Waals surface area contributed by atoms with E-state index in [-0.39, 0.29) is 17.8 Å². The zero-order chi connectivity index (χ0) is 22.7. The van der Waals surface area contributed by atoms with Gasteiger partial charge in [-0.05, 0) is 67.4 Å². The second-order valence-electron chi connectivity index (χ2n) is 9.10. The summed E-state index contributed by atoms with van der Waals surface area (Å²) in [5.74, 6) is -0.145. The predicted molar refractivity (Wildman–Crippen MR) is 128 cm³/mol. The van der Waals surface area contributed by atoms with Crippen molar-refractivity contribution in [2.24, 2.45) is 5.92 Å². The second-order valence-corrected chi connectivity index (χ2v) is 10.0. The average molecular weight is 450 g/mol. The molecule has 0 spiro atoms. The summed E-state index contributed by atoms with van der Waals surface area (Å²) in [6, 6.07) is 12.4. The van der Waals surface area contributed by atoms with Gasteiger partial charge in [0.15, 0.2) is 5.96 Å². The Labute approximate surface area is 194 Å². The molecule has 2 atom stereocenters. The smallest absolute Gasteiger partial charge is 0.234 e. The Morgan fingerprint density at radius 1 is 1.28 bits per heavy atom. The number of nitrogens with zero attached hydrogens (tertiary/aromatic N) is 2. The maximum absolute atomic E-state index is 13.3. The normalized spacial score (nSPS) is 24.3. The van der Waals surface area contributed by atoms with Gasteiger partial charge in [-0.1, -0.05) is 31.4 Å². The number of hydrogen-bond acceptors (Lipinski definition) is 5. The molecule has 2 aliphatic rings. The molecule has 0 unspecified atom stereocenters. The first-order valence-electron chi connectivity index (χ1n) is 11.4. The molecule has 4 rings (SSSR count). The fourth-order valence-electron chi connectivity index (χ4n) is 4.92. The molecule has 168 valence electrons. The van der Waals surface area contributed by atoms with Gasteiger partial charge in [-0.3, -0.25) is 15.1 Å². The Morgan fingerprint density at radius 3 is 2.81 bits per heavy atom. The van der Waals surface area contributed by atoms with Crippen molar-refractivity contribution in [2.45, 2.75) is 57.0 Å². The molecule has 2 aromatic rings. The molecule has 1 saturated heterocycles. The van der Waals surface area contributed by atoms with Gasteiger partial charge in [0.25, 0.3) is 0 Å². The number of nitriles is 1. The maximum Gasteiger partial charge on any atom is 0.234 e. The molecule has 0 radical (unpaired) electrons. The Balaban J connectivity index is 1.57. The summed E-state index contributed by atoms with van der Waals surface area (Å²) in [5, 5.41) is 26.6. The largest absolute Gasteiger partial charge is 0.345 e. The highest BCUT2D eigenvalue weighted by molar-refractivity contribution is 7.10. The van der Waals surface area contributed by atoms with Crippen molar-refractivity contribution in [2.75, 3.05) is 13.6 Å². The van der Waals surface area contributed by atoms with Crippen molar-refractivity contribution in [1.29, 1.82) is 10.7 Å². The van der Waals surface area contributed by atoms with E-state index in [2.05, 4.69) is 28.1 Å². The maximum atomic E-state index is 13.3. The van der Waals surface area contributed by atoms with Crippen LogP contribution in [0.1, 0.15) is 55.9 Å². The van der Waals surface area contributed by atoms with Crippen molar-refractivity contribution in [3.8, 4) is 17.2 Å². The summed E-state index contributed by atoms with van der Waals surface area (Å²) in [4.78, 5) is 15.7. The monoisotopic (exact) mass is 449 g/mol. The van der Waals surface area contributed by atoms with E-state index in [1.165, 1.54) is 37.0 Å². The lowest BCUT2D eigenvalue weighted by Crippen LogP contribution is -2.63. The molecular weight excluding hydrogens is 418 g/mol. The number of amides is 1. The zero-order valence-corrected chi connectivity index (χ0v) is 19.6. The Morgan fingerprint density at radius 2 is 2.06 bits per heavy atom. The van der Waals surface area contributed by atoms with Crippen LogP contribution in [0, 0.1) is 22.7 Å². The number of rotatable bonds is 6. The number of carbonyl (C=O) groups is 1. The van der Waals surface area contributed by atoms with Crippen molar-refractivity contribution in [3.05, 3.63) is 46.2 Å². The number of hydrogen-bond donors (Lipinski definition) is 3. The van der Waals surface area contributed by atoms with Crippen LogP contribution in [0.2, 0.25) is 0 Å². The highest BCUT2D eigenvalue weighted by Gasteiger charge is 2.47. The highest BCUT2D eigenvalue weighted by atomic mass is 32.1. The van der Waals surface area contributed by atoms with Gasteiger partial charge < -0.3 is 10.6 Å². The number of guanidine groups is 1. The van der Waals surface area contributed by atoms with Crippen LogP contribution >= 0.6 is 11.3 Å². The molecule has 6 nitrogen and oxygen atoms in total. The van der Waals surface area contributed by atoms with E-state index in [0.717, 1.165) is 22.5 Å². The molecule has 1 saturated carbocycles. The molecule has 2 heterocycles. The lowest BCUT2D eigenvalue weighted by molar-refractivity contribution is -0.135. The summed E-state index contributed by atoms with van der Waals surface area (Å²) < 4.78 is 0. The van der Waals surface area contributed by atoms with E-state index in [1.807, 2.05) is 25.1 Å². The van der Waals surface area contributed by atoms with Gasteiger partial charge in [0.1, 0.15) is 0 Å². The van der Waals surface area contributed by atoms with Crippen LogP contribution in [0.5, 0.6) is 0 Å². The quantitative estimate of drug-likeness (QED) is 0.608. The fourth-order valence-corrected chi connectivity index (χ4v) is 6.01. The van der Waals surface area contributed by atoms with Crippen molar-refractivity contribution in [1.82, 2.24) is 15.5 Å². The summed E-state index contributed by atoms with van der Waals surface area (Å²) in [6.45, 7) is 2.83. The van der Waals surface area contributed by atoms with Crippen molar-refractivity contribution >= 4 is 23.2 Å². The van der Waals surface area contributed by atoms with Crippen LogP contribution in [0.3, 0.4) is 0 Å². The summed E-state index contributed by atoms with van der Waals surface area (Å²) in [5.41, 5.74) is 2.00. The number of carbonyl (C=O) groups excluding carboxylic acids is 1. The van der Waals surface area contributed by atoms with Crippen LogP contribution in [0.15, 0.2) is 35.7 Å². The van der Waals surface area contributed by atoms with Crippen molar-refractivity contribution < 1.29 is 4.79 Å². The van der Waals surface area contributed by atoms with E-state index in [1.54, 1.807) is 24.5 Å². The van der Waals surface area contributed by atoms with Crippen LogP contribution in [-0.4, -0.2) is 36.4 Å². The molecule has 1 aliphatic carbocycles. The minimum atomic E-state index is -0.648. The van der Waals surface area contributed by atoms with E-state index >= 15 is 0 Å². The molecule has 1 amide bonds. The van der Waals surface area contributed by atoms with Crippen LogP contribution in [-0.2, 0) is 10.3 Å². The number of benzene rings is 1. The summed E-state index contributed by atoms with van der Waals surface area (Å²) in [6.07, 6.45) is 7.04. The third-order valence-electron chi connectivity index (χ3n) is 6.95. The van der Waals surface area contributed by atoms with Gasteiger partial charge in [0.05, 0.1) is 23.1 Å². The van der Waals surface area contributed by atoms with E-state index in [4.69, 9.17) is 5.41 Å². The second kappa shape index (κ2) is 9.43. The lowest BCUT2D eigenvalue weighted by atomic mass is 9.79. The standard InChI is InChI=1S/C25H31N5OS/c1-25(22-14-19(16-32-22)18-8-6-7-17(13-18)15-26)21(23(31)30(2)24(27)29-25)11-12-28-20-9-4-3-5-10-20/h6-8,13-14,16,20-21,28H,3-5,9-12H2,1-2H3,(H2,27,29)/t21-,25-/m0/s1. The molecule has 3 N–H and O–H groups in total. The third-order valence-corrected chi connectivity index (χ3v) is 8.11. The van der Waals surface area contributed by atoms with E-state index in [9.17, 15) is 10.1 Å². The molecule has 2 fully saturated rings. The Bertz CT molecular complexity index is 1030. The molecule has 32 heavy (non-hydrogen) atoms. The predicted octanol–water partition coefficient (Wildman–Crippen LogP) is 4.43. The third kappa shape index (κ3) is 4.43. The summed E-state index contributed by atoms with van der Waals surface area (Å²) >= 11 is 1.60. The first-order chi connectivity index (χ1) is 15.4. The first kappa shape index (κ1) is 22.5. The van der Waals surface area contributed by atoms with E-state index in [0.29, 0.717) is 18.0 Å². The van der Waals surface area contributed by atoms with Crippen LogP contribution < -0.4 is 10.6 Å². The highest BCUT2D eigenvalue weighted by Crippen LogP contribution is 2.41. The van der Waals surface area contributed by atoms with Crippen LogP contribution in [0.25, 0.3) is 11.1 Å². The molecule has 7 heteroatoms. The molecule has 1 aromatic carbocycles. The van der Waals surface area contributed by atoms with Gasteiger partial charge in [-0.15, -0.1) is 11.3 Å². The topological polar surface area (TPSA) is 92.0 Å². The van der Waals surface area contributed by atoms with E-state index < -0.39 is 5.54 Å². The summed E-state index contributed by atoms with van der Waals surface area (Å²) in [7, 11) is 1.67. The minimum Gasteiger partial charge on any atom is -0.345 e.